The van der Waals surface area contributed by atoms with Gasteiger partial charge in [0.25, 0.3) is 0 Å². The lowest BCUT2D eigenvalue weighted by molar-refractivity contribution is 1.22. The van der Waals surface area contributed by atoms with E-state index in [9.17, 15) is 0 Å². The highest BCUT2D eigenvalue weighted by Crippen LogP contribution is 2.11. The summed E-state index contributed by atoms with van der Waals surface area (Å²) in [6, 6.07) is 2.03. The first-order valence-corrected chi connectivity index (χ1v) is 3.09. The molecule has 0 aromatic carbocycles. The van der Waals surface area contributed by atoms with Gasteiger partial charge in [-0.1, -0.05) is 0 Å². The molecule has 0 unspecified atom stereocenters. The first kappa shape index (κ1) is 5.86. The van der Waals surface area contributed by atoms with Crippen LogP contribution in [0.3, 0.4) is 0 Å². The molecule has 0 saturated heterocycles. The average molecular weight is 145 g/mol. The fourth-order valence-corrected chi connectivity index (χ4v) is 0.953. The molecular weight excluding hydrogens is 140 g/mol. The van der Waals surface area contributed by atoms with Crippen molar-refractivity contribution >= 4 is 11.0 Å². The summed E-state index contributed by atoms with van der Waals surface area (Å²) in [6.07, 6.45) is 4.69. The van der Waals surface area contributed by atoms with E-state index < -0.39 is 0 Å². The van der Waals surface area contributed by atoms with Crippen molar-refractivity contribution in [3.05, 3.63) is 24.3 Å². The topological polar surface area (TPSA) is 65.4 Å². The highest BCUT2D eigenvalue weighted by molar-refractivity contribution is 5.80. The lowest BCUT2D eigenvalue weighted by Crippen LogP contribution is -1.77. The summed E-state index contributed by atoms with van der Waals surface area (Å²) in [6.45, 7) is 0. The number of nitriles is 1. The Bertz CT molecular complexity index is 428. The molecule has 1 N–H and O–H groups in total. The molecule has 0 fully saturated rings. The van der Waals surface area contributed by atoms with Gasteiger partial charge in [0.05, 0.1) is 17.3 Å². The quantitative estimate of drug-likeness (QED) is 0.600. The smallest absolute Gasteiger partial charge is 0.357 e. The van der Waals surface area contributed by atoms with Gasteiger partial charge in [-0.05, 0) is 0 Å². The van der Waals surface area contributed by atoms with Gasteiger partial charge in [-0.25, -0.2) is 9.97 Å². The summed E-state index contributed by atoms with van der Waals surface area (Å²) in [4.78, 5) is 10.6. The molecule has 0 saturated carbocycles. The van der Waals surface area contributed by atoms with E-state index in [2.05, 4.69) is 15.0 Å². The van der Waals surface area contributed by atoms with Gasteiger partial charge in [-0.2, -0.15) is 5.26 Å². The maximum absolute atomic E-state index is 8.59. The minimum absolute atomic E-state index is 0. The monoisotopic (exact) mass is 145 g/mol. The third kappa shape index (κ3) is 0.749. The van der Waals surface area contributed by atoms with Crippen molar-refractivity contribution in [1.29, 1.82) is 5.26 Å². The Morgan fingerprint density at radius 3 is 3.36 bits per heavy atom. The van der Waals surface area contributed by atoms with Crippen molar-refractivity contribution in [3.63, 3.8) is 0 Å². The third-order valence-electron chi connectivity index (χ3n) is 1.46. The second kappa shape index (κ2) is 2.06. The molecule has 0 spiro atoms. The fraction of sp³-hybridized carbons (Fsp3) is 0. The highest BCUT2D eigenvalue weighted by Gasteiger charge is 2.01. The van der Waals surface area contributed by atoms with Crippen molar-refractivity contribution in [2.45, 2.75) is 0 Å². The molecule has 0 radical (unpaired) electrons. The Morgan fingerprint density at radius 1 is 1.64 bits per heavy atom. The van der Waals surface area contributed by atoms with E-state index in [1.54, 1.807) is 12.4 Å². The molecule has 0 atom stereocenters. The number of fused-ring (bicyclic) bond motifs is 1. The second-order valence-electron chi connectivity index (χ2n) is 2.10. The molecule has 2 rings (SSSR count). The number of hydrogen-bond donors (Lipinski definition) is 1. The Labute approximate surface area is 64.0 Å². The van der Waals surface area contributed by atoms with Crippen LogP contribution in [0, 0.1) is 11.3 Å². The van der Waals surface area contributed by atoms with Gasteiger partial charge in [-0.15, -0.1) is 0 Å². The van der Waals surface area contributed by atoms with Crippen LogP contribution in [0.25, 0.3) is 11.0 Å². The van der Waals surface area contributed by atoms with Crippen molar-refractivity contribution < 1.29 is 1.43 Å². The summed E-state index contributed by atoms with van der Waals surface area (Å²) in [5, 5.41) is 8.59. The zero-order valence-corrected chi connectivity index (χ0v) is 5.57. The minimum atomic E-state index is 0. The molecule has 0 aliphatic heterocycles. The first-order valence-electron chi connectivity index (χ1n) is 3.09. The van der Waals surface area contributed by atoms with Gasteiger partial charge in [-0.3, -0.25) is 0 Å². The maximum atomic E-state index is 8.59. The normalized spacial score (nSPS) is 9.73. The van der Waals surface area contributed by atoms with Crippen LogP contribution in [0.5, 0.6) is 0 Å². The number of hydrogen-bond acceptors (Lipinski definition) is 3. The van der Waals surface area contributed by atoms with Crippen molar-refractivity contribution in [2.75, 3.05) is 0 Å². The van der Waals surface area contributed by atoms with Crippen LogP contribution in [0.2, 0.25) is 0 Å². The van der Waals surface area contributed by atoms with Crippen LogP contribution in [0.4, 0.5) is 0 Å². The lowest BCUT2D eigenvalue weighted by atomic mass is 10.3. The molecule has 2 aromatic rings. The van der Waals surface area contributed by atoms with E-state index in [1.165, 1.54) is 6.33 Å². The number of nitrogens with zero attached hydrogens (tertiary/aromatic N) is 3. The summed E-state index contributed by atoms with van der Waals surface area (Å²) in [7, 11) is 0. The number of rotatable bonds is 0. The number of aromatic amines is 1. The summed E-state index contributed by atoms with van der Waals surface area (Å²) in [5.74, 6) is 0. The van der Waals surface area contributed by atoms with Gasteiger partial charge in [0.1, 0.15) is 17.9 Å². The molecule has 11 heavy (non-hydrogen) atoms. The van der Waals surface area contributed by atoms with Gasteiger partial charge in [0, 0.05) is 6.20 Å². The third-order valence-corrected chi connectivity index (χ3v) is 1.46. The van der Waals surface area contributed by atoms with E-state index in [0.29, 0.717) is 11.1 Å². The standard InChI is InChI=1S/C7H4N4/c8-1-5-2-10-6-3-9-4-11-7(5)6/h2-4,10H/p+1. The Hall–Kier alpha value is -1.89. The van der Waals surface area contributed by atoms with E-state index >= 15 is 0 Å². The van der Waals surface area contributed by atoms with Gasteiger partial charge in [0.2, 0.25) is 0 Å². The number of aromatic nitrogens is 3. The van der Waals surface area contributed by atoms with Crippen LogP contribution in [-0.2, 0) is 0 Å². The van der Waals surface area contributed by atoms with E-state index in [-0.39, 0.29) is 1.43 Å². The van der Waals surface area contributed by atoms with Gasteiger partial charge in [0.15, 0.2) is 0 Å². The van der Waals surface area contributed by atoms with Crippen LogP contribution >= 0.6 is 0 Å². The van der Waals surface area contributed by atoms with Crippen LogP contribution < -0.4 is 0 Å². The minimum Gasteiger partial charge on any atom is -0.357 e. The van der Waals surface area contributed by atoms with E-state index in [1.807, 2.05) is 6.07 Å². The highest BCUT2D eigenvalue weighted by atomic mass is 14.9. The summed E-state index contributed by atoms with van der Waals surface area (Å²) >= 11 is 0. The Kier molecular flexibility index (Phi) is 1.10. The molecular formula is C7H5N4+. The molecule has 2 heterocycles. The van der Waals surface area contributed by atoms with Crippen LogP contribution in [0.1, 0.15) is 6.99 Å². The molecule has 0 bridgehead atoms. The summed E-state index contributed by atoms with van der Waals surface area (Å²) < 4.78 is 0. The predicted molar refractivity (Wildman–Crippen MR) is 39.7 cm³/mol. The lowest BCUT2D eigenvalue weighted by Gasteiger charge is -1.84. The molecule has 4 nitrogen and oxygen atoms in total. The van der Waals surface area contributed by atoms with Crippen LogP contribution in [0.15, 0.2) is 18.7 Å². The predicted octanol–water partition coefficient (Wildman–Crippen LogP) is 0.942. The first-order chi connectivity index (χ1) is 5.42. The van der Waals surface area contributed by atoms with Crippen LogP contribution in [-0.4, -0.2) is 15.0 Å². The van der Waals surface area contributed by atoms with Gasteiger partial charge >= 0.3 is 1.43 Å². The Balaban J connectivity index is 0.000000720. The van der Waals surface area contributed by atoms with Crippen molar-refractivity contribution in [3.8, 4) is 6.07 Å². The molecule has 0 amide bonds. The average Bonchev–Trinajstić information content (AvgIpc) is 2.47. The zero-order valence-electron chi connectivity index (χ0n) is 6.57. The molecule has 0 aliphatic rings. The van der Waals surface area contributed by atoms with Crippen molar-refractivity contribution in [2.24, 2.45) is 0 Å². The van der Waals surface area contributed by atoms with Crippen molar-refractivity contribution in [1.82, 2.24) is 15.0 Å². The van der Waals surface area contributed by atoms with E-state index in [4.69, 9.17) is 5.26 Å². The molecule has 2 aromatic heterocycles. The zero-order chi connectivity index (χ0) is 7.68. The van der Waals surface area contributed by atoms with E-state index in [0.717, 1.165) is 5.52 Å². The molecule has 0 aliphatic carbocycles. The second-order valence-corrected chi connectivity index (χ2v) is 2.10. The maximum Gasteiger partial charge on any atom is 1.00 e. The van der Waals surface area contributed by atoms with Gasteiger partial charge < -0.3 is 4.98 Å². The molecule has 4 heteroatoms. The SMILES string of the molecule is N#Cc1c[nH]c2cncnc12.[H+]. The molecule has 52 valence electrons. The fourth-order valence-electron chi connectivity index (χ4n) is 0.953. The largest absolute Gasteiger partial charge is 1.00 e. The summed E-state index contributed by atoms with van der Waals surface area (Å²) in [5.41, 5.74) is 2.04. The Morgan fingerprint density at radius 2 is 2.55 bits per heavy atom. The number of nitrogens with one attached hydrogen (secondary N) is 1. The number of H-pyrrole nitrogens is 1.